The normalized spacial score (nSPS) is 11.1. The molecule has 0 bridgehead atoms. The van der Waals surface area contributed by atoms with Crippen LogP contribution in [0.1, 0.15) is 45.1 Å². The molecule has 0 atom stereocenters. The fraction of sp³-hybridized carbons (Fsp3) is 0.600. The van der Waals surface area contributed by atoms with Crippen molar-refractivity contribution in [3.63, 3.8) is 0 Å². The Labute approximate surface area is 129 Å². The first kappa shape index (κ1) is 20.8. The fourth-order valence-electron chi connectivity index (χ4n) is 2.04. The van der Waals surface area contributed by atoms with Crippen molar-refractivity contribution in [2.45, 2.75) is 45.7 Å². The summed E-state index contributed by atoms with van der Waals surface area (Å²) in [4.78, 5) is 22.9. The van der Waals surface area contributed by atoms with E-state index in [1.807, 2.05) is 0 Å². The third-order valence-corrected chi connectivity index (χ3v) is 6.09. The van der Waals surface area contributed by atoms with Crippen LogP contribution in [0, 0.1) is 0 Å². The lowest BCUT2D eigenvalue weighted by atomic mass is 10.2. The molecule has 1 rings (SSSR count). The first-order valence-corrected chi connectivity index (χ1v) is 11.2. The van der Waals surface area contributed by atoms with Crippen LogP contribution >= 0.6 is 15.7 Å². The molecule has 0 unspecified atom stereocenters. The molecule has 0 amide bonds. The van der Waals surface area contributed by atoms with Crippen LogP contribution in [0.4, 0.5) is 0 Å². The zero-order valence-electron chi connectivity index (χ0n) is 13.0. The Morgan fingerprint density at radius 2 is 1.48 bits per heavy atom. The summed E-state index contributed by atoms with van der Waals surface area (Å²) in [7, 11) is -5.01. The van der Waals surface area contributed by atoms with E-state index in [0.717, 1.165) is 0 Å². The Hall–Kier alpha value is -0.240. The van der Waals surface area contributed by atoms with Crippen LogP contribution in [-0.4, -0.2) is 22.1 Å². The van der Waals surface area contributed by atoms with Gasteiger partial charge in [0.15, 0.2) is 0 Å². The molecule has 0 aromatic heterocycles. The second-order valence-corrected chi connectivity index (χ2v) is 8.94. The largest absolute Gasteiger partial charge is 0.756 e. The molecular weight excluding hydrogens is 306 g/mol. The van der Waals surface area contributed by atoms with Crippen molar-refractivity contribution in [1.82, 2.24) is 0 Å². The van der Waals surface area contributed by atoms with Gasteiger partial charge in [-0.2, -0.15) is 0 Å². The SMILES string of the molecule is CCCC[PH+](CCCC)Cc1ccccc1.O=P([O-])(O)O. The summed E-state index contributed by atoms with van der Waals surface area (Å²) >= 11 is 0. The van der Waals surface area contributed by atoms with Gasteiger partial charge in [-0.3, -0.25) is 4.57 Å². The molecule has 0 saturated carbocycles. The highest BCUT2D eigenvalue weighted by Gasteiger charge is 2.14. The smallest absolute Gasteiger partial charge is 0.262 e. The highest BCUT2D eigenvalue weighted by atomic mass is 31.2. The minimum atomic E-state index is -4.89. The zero-order valence-corrected chi connectivity index (χ0v) is 14.9. The Bertz CT molecular complexity index is 376. The van der Waals surface area contributed by atoms with Gasteiger partial charge < -0.3 is 14.7 Å². The predicted molar refractivity (Wildman–Crippen MR) is 90.1 cm³/mol. The molecule has 0 aliphatic carbocycles. The van der Waals surface area contributed by atoms with Crippen LogP contribution < -0.4 is 4.89 Å². The number of hydrogen-bond donors (Lipinski definition) is 2. The maximum Gasteiger partial charge on any atom is 0.262 e. The maximum atomic E-state index is 8.77. The molecular formula is C15H28O4P2. The predicted octanol–water partition coefficient (Wildman–Crippen LogP) is 3.44. The minimum Gasteiger partial charge on any atom is -0.756 e. The monoisotopic (exact) mass is 334 g/mol. The van der Waals surface area contributed by atoms with E-state index in [-0.39, 0.29) is 7.92 Å². The van der Waals surface area contributed by atoms with E-state index in [2.05, 4.69) is 44.2 Å². The standard InChI is InChI=1S/C15H25P.H3O4P/c1-3-5-12-16(13-6-4-2)14-15-10-8-7-9-11-15;1-5(2,3)4/h7-11H,3-6,12-14H2,1-2H3;(H3,1,2,3,4). The van der Waals surface area contributed by atoms with Crippen molar-refractivity contribution in [1.29, 1.82) is 0 Å². The molecule has 1 aromatic rings. The third-order valence-electron chi connectivity index (χ3n) is 3.06. The van der Waals surface area contributed by atoms with Gasteiger partial charge in [-0.25, -0.2) is 0 Å². The molecule has 21 heavy (non-hydrogen) atoms. The second-order valence-electron chi connectivity index (χ2n) is 5.11. The van der Waals surface area contributed by atoms with Crippen molar-refractivity contribution in [3.05, 3.63) is 35.9 Å². The summed E-state index contributed by atoms with van der Waals surface area (Å²) in [6, 6.07) is 11.1. The molecule has 6 heteroatoms. The highest BCUT2D eigenvalue weighted by Crippen LogP contribution is 2.41. The van der Waals surface area contributed by atoms with Gasteiger partial charge in [0.05, 0.1) is 18.5 Å². The average Bonchev–Trinajstić information content (AvgIpc) is 2.41. The lowest BCUT2D eigenvalue weighted by Gasteiger charge is -2.10. The molecule has 2 N–H and O–H groups in total. The summed E-state index contributed by atoms with van der Waals surface area (Å²) in [5, 5.41) is 0. The Kier molecular flexibility index (Phi) is 12.2. The molecule has 0 fully saturated rings. The van der Waals surface area contributed by atoms with E-state index < -0.39 is 7.82 Å². The van der Waals surface area contributed by atoms with Crippen LogP contribution in [0.5, 0.6) is 0 Å². The molecule has 0 radical (unpaired) electrons. The fourth-order valence-corrected chi connectivity index (χ4v) is 5.16. The summed E-state index contributed by atoms with van der Waals surface area (Å²) in [6.07, 6.45) is 9.98. The summed E-state index contributed by atoms with van der Waals surface area (Å²) in [5.41, 5.74) is 1.56. The number of unbranched alkanes of at least 4 members (excludes halogenated alkanes) is 2. The summed E-state index contributed by atoms with van der Waals surface area (Å²) in [6.45, 7) is 4.61. The maximum absolute atomic E-state index is 8.77. The van der Waals surface area contributed by atoms with Crippen molar-refractivity contribution in [2.75, 3.05) is 12.3 Å². The van der Waals surface area contributed by atoms with Crippen LogP contribution in [0.25, 0.3) is 0 Å². The van der Waals surface area contributed by atoms with Crippen molar-refractivity contribution in [2.24, 2.45) is 0 Å². The highest BCUT2D eigenvalue weighted by molar-refractivity contribution is 7.56. The number of benzene rings is 1. The van der Waals surface area contributed by atoms with Gasteiger partial charge in [-0.15, -0.1) is 0 Å². The van der Waals surface area contributed by atoms with Gasteiger partial charge in [0.25, 0.3) is 7.82 Å². The second kappa shape index (κ2) is 12.3. The van der Waals surface area contributed by atoms with E-state index in [0.29, 0.717) is 0 Å². The molecule has 0 aliphatic rings. The topological polar surface area (TPSA) is 80.6 Å². The van der Waals surface area contributed by atoms with Crippen molar-refractivity contribution < 1.29 is 19.2 Å². The number of hydrogen-bond acceptors (Lipinski definition) is 2. The van der Waals surface area contributed by atoms with Crippen LogP contribution in [-0.2, 0) is 10.7 Å². The first-order valence-electron chi connectivity index (χ1n) is 7.50. The van der Waals surface area contributed by atoms with Gasteiger partial charge in [-0.05, 0) is 18.4 Å². The summed E-state index contributed by atoms with van der Waals surface area (Å²) < 4.78 is 8.77. The van der Waals surface area contributed by atoms with Gasteiger partial charge in [-0.1, -0.05) is 57.0 Å². The van der Waals surface area contributed by atoms with Gasteiger partial charge in [0, 0.05) is 7.92 Å². The number of rotatable bonds is 8. The van der Waals surface area contributed by atoms with Crippen LogP contribution in [0.3, 0.4) is 0 Å². The van der Waals surface area contributed by atoms with Crippen molar-refractivity contribution in [3.8, 4) is 0 Å². The van der Waals surface area contributed by atoms with E-state index in [9.17, 15) is 0 Å². The van der Waals surface area contributed by atoms with E-state index >= 15 is 0 Å². The third kappa shape index (κ3) is 16.0. The Balaban J connectivity index is 0.000000690. The zero-order chi connectivity index (χ0) is 16.1. The Morgan fingerprint density at radius 1 is 1.05 bits per heavy atom. The molecule has 122 valence electrons. The first-order chi connectivity index (χ1) is 9.86. The average molecular weight is 334 g/mol. The lowest BCUT2D eigenvalue weighted by Crippen LogP contribution is -1.94. The van der Waals surface area contributed by atoms with E-state index in [1.54, 1.807) is 5.56 Å². The minimum absolute atomic E-state index is 0.122. The molecule has 0 saturated heterocycles. The van der Waals surface area contributed by atoms with Gasteiger partial charge in [0.2, 0.25) is 0 Å². The van der Waals surface area contributed by atoms with Gasteiger partial charge >= 0.3 is 0 Å². The lowest BCUT2D eigenvalue weighted by molar-refractivity contribution is -0.214. The van der Waals surface area contributed by atoms with Crippen LogP contribution in [0.2, 0.25) is 0 Å². The number of phosphoric acid groups is 1. The van der Waals surface area contributed by atoms with Crippen molar-refractivity contribution >= 4 is 15.7 Å². The molecule has 1 aromatic carbocycles. The Morgan fingerprint density at radius 3 is 1.86 bits per heavy atom. The van der Waals surface area contributed by atoms with E-state index in [4.69, 9.17) is 19.2 Å². The molecule has 0 aliphatic heterocycles. The quantitative estimate of drug-likeness (QED) is 0.714. The van der Waals surface area contributed by atoms with Gasteiger partial charge in [0.1, 0.15) is 0 Å². The molecule has 4 nitrogen and oxygen atoms in total. The van der Waals surface area contributed by atoms with E-state index in [1.165, 1.54) is 44.2 Å². The molecule has 0 spiro atoms. The summed E-state index contributed by atoms with van der Waals surface area (Å²) in [5.74, 6) is 0. The van der Waals surface area contributed by atoms with Crippen LogP contribution in [0.15, 0.2) is 30.3 Å². The molecule has 0 heterocycles.